The minimum absolute atomic E-state index is 0.231. The van der Waals surface area contributed by atoms with Crippen LogP contribution in [0.25, 0.3) is 10.9 Å². The van der Waals surface area contributed by atoms with Crippen molar-refractivity contribution < 1.29 is 9.47 Å². The summed E-state index contributed by atoms with van der Waals surface area (Å²) in [5.41, 5.74) is 6.30. The molecule has 0 fully saturated rings. The van der Waals surface area contributed by atoms with E-state index in [4.69, 9.17) is 9.47 Å². The molecule has 1 atom stereocenters. The van der Waals surface area contributed by atoms with Crippen LogP contribution in [-0.2, 0) is 12.8 Å². The molecular weight excluding hydrogens is 398 g/mol. The van der Waals surface area contributed by atoms with Crippen molar-refractivity contribution in [2.45, 2.75) is 18.9 Å². The van der Waals surface area contributed by atoms with Crippen LogP contribution < -0.4 is 14.8 Å². The quantitative estimate of drug-likeness (QED) is 0.415. The van der Waals surface area contributed by atoms with E-state index < -0.39 is 0 Å². The Morgan fingerprint density at radius 2 is 1.72 bits per heavy atom. The Balaban J connectivity index is 1.50. The summed E-state index contributed by atoms with van der Waals surface area (Å²) < 4.78 is 11.2. The van der Waals surface area contributed by atoms with E-state index >= 15 is 0 Å². The molecule has 0 spiro atoms. The molecule has 4 aromatic rings. The minimum atomic E-state index is 0.231. The first-order valence-electron chi connectivity index (χ1n) is 11.1. The lowest BCUT2D eigenvalue weighted by Crippen LogP contribution is -2.39. The van der Waals surface area contributed by atoms with E-state index in [1.54, 1.807) is 14.2 Å². The third kappa shape index (κ3) is 3.92. The van der Waals surface area contributed by atoms with Crippen LogP contribution in [0.1, 0.15) is 22.7 Å². The number of rotatable bonds is 7. The van der Waals surface area contributed by atoms with Crippen molar-refractivity contribution in [3.05, 3.63) is 89.6 Å². The molecule has 5 nitrogen and oxygen atoms in total. The van der Waals surface area contributed by atoms with Crippen molar-refractivity contribution >= 4 is 16.6 Å². The van der Waals surface area contributed by atoms with Crippen molar-refractivity contribution in [2.75, 3.05) is 32.7 Å². The fourth-order valence-corrected chi connectivity index (χ4v) is 4.77. The SMILES string of the molecule is COc1cc2c(cc1OC)C(Cc1c[nH]c3ccccc13)N(CNc1ccccc1)CC2. The summed E-state index contributed by atoms with van der Waals surface area (Å²) in [5, 5.41) is 4.89. The Kier molecular flexibility index (Phi) is 5.73. The molecule has 3 aromatic carbocycles. The number of para-hydroxylation sites is 2. The molecule has 164 valence electrons. The fourth-order valence-electron chi connectivity index (χ4n) is 4.77. The molecule has 0 bridgehead atoms. The van der Waals surface area contributed by atoms with Crippen molar-refractivity contribution in [1.29, 1.82) is 0 Å². The number of aromatic amines is 1. The van der Waals surface area contributed by atoms with Gasteiger partial charge in [-0.3, -0.25) is 4.90 Å². The van der Waals surface area contributed by atoms with Crippen molar-refractivity contribution in [3.8, 4) is 11.5 Å². The highest BCUT2D eigenvalue weighted by Gasteiger charge is 2.29. The van der Waals surface area contributed by atoms with Crippen LogP contribution in [0.2, 0.25) is 0 Å². The molecule has 1 aliphatic rings. The maximum atomic E-state index is 5.66. The van der Waals surface area contributed by atoms with Gasteiger partial charge in [-0.25, -0.2) is 0 Å². The first kappa shape index (κ1) is 20.5. The maximum absolute atomic E-state index is 5.66. The second-order valence-electron chi connectivity index (χ2n) is 8.25. The van der Waals surface area contributed by atoms with Crippen molar-refractivity contribution in [2.24, 2.45) is 0 Å². The molecule has 5 rings (SSSR count). The fraction of sp³-hybridized carbons (Fsp3) is 0.259. The van der Waals surface area contributed by atoms with E-state index in [0.29, 0.717) is 0 Å². The number of fused-ring (bicyclic) bond motifs is 2. The highest BCUT2D eigenvalue weighted by Crippen LogP contribution is 2.40. The zero-order valence-corrected chi connectivity index (χ0v) is 18.6. The molecule has 5 heteroatoms. The standard InChI is InChI=1S/C27H29N3O2/c1-31-26-15-19-12-13-30(18-29-21-8-4-3-5-9-21)25(23(19)16-27(26)32-2)14-20-17-28-24-11-7-6-10-22(20)24/h3-11,15-17,25,28-29H,12-14,18H2,1-2H3. The molecule has 0 aliphatic carbocycles. The van der Waals surface area contributed by atoms with Gasteiger partial charge in [0.2, 0.25) is 0 Å². The summed E-state index contributed by atoms with van der Waals surface area (Å²) in [7, 11) is 3.41. The summed E-state index contributed by atoms with van der Waals surface area (Å²) in [6.45, 7) is 1.76. The zero-order chi connectivity index (χ0) is 21.9. The van der Waals surface area contributed by atoms with Crippen LogP contribution in [0.3, 0.4) is 0 Å². The number of H-pyrrole nitrogens is 1. The van der Waals surface area contributed by atoms with Gasteiger partial charge in [0, 0.05) is 35.4 Å². The smallest absolute Gasteiger partial charge is 0.161 e. The average molecular weight is 428 g/mol. The summed E-state index contributed by atoms with van der Waals surface area (Å²) in [4.78, 5) is 5.97. The van der Waals surface area contributed by atoms with Crippen LogP contribution in [0.15, 0.2) is 72.9 Å². The van der Waals surface area contributed by atoms with Crippen LogP contribution in [0.5, 0.6) is 11.5 Å². The van der Waals surface area contributed by atoms with Crippen LogP contribution in [0, 0.1) is 0 Å². The van der Waals surface area contributed by atoms with Crippen LogP contribution in [-0.4, -0.2) is 37.3 Å². The summed E-state index contributed by atoms with van der Waals surface area (Å²) >= 11 is 0. The number of ether oxygens (including phenoxy) is 2. The van der Waals surface area contributed by atoms with Gasteiger partial charge in [0.15, 0.2) is 11.5 Å². The highest BCUT2D eigenvalue weighted by atomic mass is 16.5. The number of hydrogen-bond acceptors (Lipinski definition) is 4. The molecule has 0 saturated carbocycles. The van der Waals surface area contributed by atoms with E-state index in [9.17, 15) is 0 Å². The Labute approximate surface area is 189 Å². The third-order valence-corrected chi connectivity index (χ3v) is 6.46. The third-order valence-electron chi connectivity index (χ3n) is 6.46. The van der Waals surface area contributed by atoms with Crippen molar-refractivity contribution in [3.63, 3.8) is 0 Å². The lowest BCUT2D eigenvalue weighted by atomic mass is 9.88. The second kappa shape index (κ2) is 8.97. The van der Waals surface area contributed by atoms with Gasteiger partial charge in [0.25, 0.3) is 0 Å². The Morgan fingerprint density at radius 1 is 0.969 bits per heavy atom. The van der Waals surface area contributed by atoms with E-state index in [1.807, 2.05) is 6.07 Å². The monoisotopic (exact) mass is 427 g/mol. The Bertz CT molecular complexity index is 1200. The lowest BCUT2D eigenvalue weighted by molar-refractivity contribution is 0.196. The minimum Gasteiger partial charge on any atom is -0.493 e. The van der Waals surface area contributed by atoms with Gasteiger partial charge in [-0.1, -0.05) is 36.4 Å². The van der Waals surface area contributed by atoms with Crippen molar-refractivity contribution in [1.82, 2.24) is 9.88 Å². The maximum Gasteiger partial charge on any atom is 0.161 e. The molecule has 1 aromatic heterocycles. The van der Waals surface area contributed by atoms with Gasteiger partial charge in [0.05, 0.1) is 20.9 Å². The zero-order valence-electron chi connectivity index (χ0n) is 18.6. The lowest BCUT2D eigenvalue weighted by Gasteiger charge is -2.38. The van der Waals surface area contributed by atoms with E-state index in [0.717, 1.165) is 43.2 Å². The van der Waals surface area contributed by atoms with Gasteiger partial charge in [0.1, 0.15) is 0 Å². The van der Waals surface area contributed by atoms with Gasteiger partial charge < -0.3 is 19.8 Å². The molecule has 0 saturated heterocycles. The first-order valence-corrected chi connectivity index (χ1v) is 11.1. The molecule has 1 aliphatic heterocycles. The Morgan fingerprint density at radius 3 is 2.53 bits per heavy atom. The number of nitrogens with zero attached hydrogens (tertiary/aromatic N) is 1. The number of aromatic nitrogens is 1. The first-order chi connectivity index (χ1) is 15.8. The van der Waals surface area contributed by atoms with Crippen LogP contribution in [0.4, 0.5) is 5.69 Å². The normalized spacial score (nSPS) is 16.0. The topological polar surface area (TPSA) is 49.5 Å². The molecule has 2 heterocycles. The van der Waals surface area contributed by atoms with Gasteiger partial charge in [-0.2, -0.15) is 0 Å². The van der Waals surface area contributed by atoms with E-state index in [-0.39, 0.29) is 6.04 Å². The molecule has 32 heavy (non-hydrogen) atoms. The highest BCUT2D eigenvalue weighted by molar-refractivity contribution is 5.83. The average Bonchev–Trinajstić information content (AvgIpc) is 3.26. The number of methoxy groups -OCH3 is 2. The van der Waals surface area contributed by atoms with E-state index in [1.165, 1.54) is 27.6 Å². The molecule has 2 N–H and O–H groups in total. The number of hydrogen-bond donors (Lipinski definition) is 2. The largest absolute Gasteiger partial charge is 0.493 e. The number of nitrogens with one attached hydrogen (secondary N) is 2. The molecule has 0 radical (unpaired) electrons. The summed E-state index contributed by atoms with van der Waals surface area (Å²) in [6, 6.07) is 23.5. The predicted molar refractivity (Wildman–Crippen MR) is 130 cm³/mol. The summed E-state index contributed by atoms with van der Waals surface area (Å²) in [5.74, 6) is 1.58. The van der Waals surface area contributed by atoms with Gasteiger partial charge in [-0.05, 0) is 59.9 Å². The second-order valence-corrected chi connectivity index (χ2v) is 8.25. The summed E-state index contributed by atoms with van der Waals surface area (Å²) in [6.07, 6.45) is 4.06. The number of anilines is 1. The van der Waals surface area contributed by atoms with E-state index in [2.05, 4.69) is 82.1 Å². The number of benzene rings is 3. The molecule has 0 amide bonds. The van der Waals surface area contributed by atoms with Gasteiger partial charge >= 0.3 is 0 Å². The Hall–Kier alpha value is -3.44. The predicted octanol–water partition coefficient (Wildman–Crippen LogP) is 5.40. The van der Waals surface area contributed by atoms with Gasteiger partial charge in [-0.15, -0.1) is 0 Å². The molecular formula is C27H29N3O2. The molecule has 1 unspecified atom stereocenters. The van der Waals surface area contributed by atoms with Crippen LogP contribution >= 0.6 is 0 Å².